The Hall–Kier alpha value is -0.0800. The zero-order chi connectivity index (χ0) is 13.1. The van der Waals surface area contributed by atoms with Crippen LogP contribution in [0.25, 0.3) is 0 Å². The summed E-state index contributed by atoms with van der Waals surface area (Å²) in [4.78, 5) is 2.62. The zero-order valence-corrected chi connectivity index (χ0v) is 12.7. The summed E-state index contributed by atoms with van der Waals surface area (Å²) in [6, 6.07) is 0. The molecule has 1 aliphatic rings. The van der Waals surface area contributed by atoms with Gasteiger partial charge in [-0.3, -0.25) is 0 Å². The van der Waals surface area contributed by atoms with Crippen LogP contribution in [0.5, 0.6) is 0 Å². The number of unbranched alkanes of at least 4 members (excludes halogenated alkanes) is 5. The fourth-order valence-electron chi connectivity index (χ4n) is 2.68. The molecule has 1 fully saturated rings. The van der Waals surface area contributed by atoms with E-state index < -0.39 is 0 Å². The van der Waals surface area contributed by atoms with E-state index in [2.05, 4.69) is 24.1 Å². The van der Waals surface area contributed by atoms with Crippen LogP contribution in [0.1, 0.15) is 65.2 Å². The third kappa shape index (κ3) is 8.10. The van der Waals surface area contributed by atoms with Gasteiger partial charge in [0.15, 0.2) is 0 Å². The van der Waals surface area contributed by atoms with E-state index in [0.717, 1.165) is 5.92 Å². The molecule has 0 spiro atoms. The van der Waals surface area contributed by atoms with Gasteiger partial charge >= 0.3 is 0 Å². The highest BCUT2D eigenvalue weighted by Gasteiger charge is 2.14. The maximum absolute atomic E-state index is 3.59. The molecule has 0 amide bonds. The van der Waals surface area contributed by atoms with Gasteiger partial charge in [-0.05, 0) is 44.8 Å². The predicted octanol–water partition coefficient (Wildman–Crippen LogP) is 3.67. The molecule has 0 aromatic rings. The lowest BCUT2D eigenvalue weighted by Crippen LogP contribution is -2.37. The SMILES string of the molecule is CCCCCCCCNCCN1CCC(C)CC1. The molecule has 2 heteroatoms. The molecule has 0 aromatic heterocycles. The lowest BCUT2D eigenvalue weighted by Gasteiger charge is -2.30. The lowest BCUT2D eigenvalue weighted by molar-refractivity contribution is 0.193. The second-order valence-corrected chi connectivity index (χ2v) is 6.04. The molecule has 0 aromatic carbocycles. The molecule has 0 bridgehead atoms. The average Bonchev–Trinajstić information content (AvgIpc) is 2.39. The van der Waals surface area contributed by atoms with Crippen LogP contribution in [-0.2, 0) is 0 Å². The van der Waals surface area contributed by atoms with Gasteiger partial charge in [0.1, 0.15) is 0 Å². The molecule has 1 aliphatic heterocycles. The van der Waals surface area contributed by atoms with Crippen molar-refractivity contribution in [3.63, 3.8) is 0 Å². The number of hydrogen-bond donors (Lipinski definition) is 1. The van der Waals surface area contributed by atoms with E-state index in [1.54, 1.807) is 0 Å². The number of piperidine rings is 1. The van der Waals surface area contributed by atoms with Crippen LogP contribution in [0, 0.1) is 5.92 Å². The van der Waals surface area contributed by atoms with Crippen molar-refractivity contribution in [2.45, 2.75) is 65.2 Å². The normalized spacial score (nSPS) is 18.3. The molecule has 108 valence electrons. The standard InChI is InChI=1S/C16H34N2/c1-3-4-5-6-7-8-11-17-12-15-18-13-9-16(2)10-14-18/h16-17H,3-15H2,1-2H3. The number of likely N-dealkylation sites (tertiary alicyclic amines) is 1. The minimum Gasteiger partial charge on any atom is -0.315 e. The average molecular weight is 254 g/mol. The van der Waals surface area contributed by atoms with E-state index in [0.29, 0.717) is 0 Å². The van der Waals surface area contributed by atoms with Crippen LogP contribution in [0.4, 0.5) is 0 Å². The third-order valence-corrected chi connectivity index (χ3v) is 4.19. The van der Waals surface area contributed by atoms with E-state index in [9.17, 15) is 0 Å². The Morgan fingerprint density at radius 1 is 0.944 bits per heavy atom. The van der Waals surface area contributed by atoms with Crippen LogP contribution in [0.2, 0.25) is 0 Å². The fourth-order valence-corrected chi connectivity index (χ4v) is 2.68. The first-order valence-electron chi connectivity index (χ1n) is 8.26. The van der Waals surface area contributed by atoms with Gasteiger partial charge in [-0.2, -0.15) is 0 Å². The molecule has 18 heavy (non-hydrogen) atoms. The molecule has 1 heterocycles. The highest BCUT2D eigenvalue weighted by Crippen LogP contribution is 2.15. The van der Waals surface area contributed by atoms with Gasteiger partial charge in [0.05, 0.1) is 0 Å². The van der Waals surface area contributed by atoms with Gasteiger partial charge in [0, 0.05) is 13.1 Å². The van der Waals surface area contributed by atoms with Gasteiger partial charge in [0.2, 0.25) is 0 Å². The summed E-state index contributed by atoms with van der Waals surface area (Å²) >= 11 is 0. The Balaban J connectivity index is 1.78. The van der Waals surface area contributed by atoms with E-state index in [1.165, 1.54) is 84.1 Å². The van der Waals surface area contributed by atoms with E-state index in [1.807, 2.05) is 0 Å². The van der Waals surface area contributed by atoms with Gasteiger partial charge < -0.3 is 10.2 Å². The summed E-state index contributed by atoms with van der Waals surface area (Å²) in [5.41, 5.74) is 0. The summed E-state index contributed by atoms with van der Waals surface area (Å²) in [6.45, 7) is 11.0. The van der Waals surface area contributed by atoms with Gasteiger partial charge in [-0.25, -0.2) is 0 Å². The van der Waals surface area contributed by atoms with E-state index >= 15 is 0 Å². The van der Waals surface area contributed by atoms with Crippen LogP contribution in [0.3, 0.4) is 0 Å². The van der Waals surface area contributed by atoms with E-state index in [4.69, 9.17) is 0 Å². The smallest absolute Gasteiger partial charge is 0.0107 e. The highest BCUT2D eigenvalue weighted by atomic mass is 15.1. The lowest BCUT2D eigenvalue weighted by atomic mass is 9.99. The van der Waals surface area contributed by atoms with Gasteiger partial charge in [-0.1, -0.05) is 46.0 Å². The fraction of sp³-hybridized carbons (Fsp3) is 1.00. The minimum absolute atomic E-state index is 0.956. The van der Waals surface area contributed by atoms with Crippen LogP contribution in [-0.4, -0.2) is 37.6 Å². The minimum atomic E-state index is 0.956. The van der Waals surface area contributed by atoms with Crippen molar-refractivity contribution in [2.75, 3.05) is 32.7 Å². The van der Waals surface area contributed by atoms with E-state index in [-0.39, 0.29) is 0 Å². The van der Waals surface area contributed by atoms with Crippen molar-refractivity contribution in [1.82, 2.24) is 10.2 Å². The monoisotopic (exact) mass is 254 g/mol. The Morgan fingerprint density at radius 3 is 2.33 bits per heavy atom. The Bertz CT molecular complexity index is 174. The number of rotatable bonds is 10. The molecule has 0 saturated carbocycles. The molecule has 0 unspecified atom stereocenters. The second kappa shape index (κ2) is 10.8. The van der Waals surface area contributed by atoms with Crippen molar-refractivity contribution in [3.05, 3.63) is 0 Å². The topological polar surface area (TPSA) is 15.3 Å². The molecule has 0 atom stereocenters. The summed E-state index contributed by atoms with van der Waals surface area (Å²) in [5.74, 6) is 0.956. The Labute approximate surface area is 115 Å². The predicted molar refractivity (Wildman–Crippen MR) is 81.1 cm³/mol. The molecule has 1 N–H and O–H groups in total. The Kier molecular flexibility index (Phi) is 9.59. The first kappa shape index (κ1) is 16.0. The summed E-state index contributed by atoms with van der Waals surface area (Å²) < 4.78 is 0. The van der Waals surface area contributed by atoms with Crippen molar-refractivity contribution < 1.29 is 0 Å². The molecular weight excluding hydrogens is 220 g/mol. The van der Waals surface area contributed by atoms with Crippen molar-refractivity contribution in [3.8, 4) is 0 Å². The van der Waals surface area contributed by atoms with Crippen LogP contribution >= 0.6 is 0 Å². The quantitative estimate of drug-likeness (QED) is 0.598. The van der Waals surface area contributed by atoms with Gasteiger partial charge in [0.25, 0.3) is 0 Å². The number of nitrogens with zero attached hydrogens (tertiary/aromatic N) is 1. The zero-order valence-electron chi connectivity index (χ0n) is 12.7. The summed E-state index contributed by atoms with van der Waals surface area (Å²) in [5, 5.41) is 3.59. The largest absolute Gasteiger partial charge is 0.315 e. The molecule has 0 radical (unpaired) electrons. The number of hydrogen-bond acceptors (Lipinski definition) is 2. The van der Waals surface area contributed by atoms with Crippen LogP contribution in [0.15, 0.2) is 0 Å². The first-order valence-corrected chi connectivity index (χ1v) is 8.26. The summed E-state index contributed by atoms with van der Waals surface area (Å²) in [7, 11) is 0. The molecule has 1 saturated heterocycles. The molecule has 2 nitrogen and oxygen atoms in total. The maximum atomic E-state index is 3.59. The van der Waals surface area contributed by atoms with Crippen LogP contribution < -0.4 is 5.32 Å². The molecular formula is C16H34N2. The van der Waals surface area contributed by atoms with Crippen molar-refractivity contribution >= 4 is 0 Å². The molecule has 1 rings (SSSR count). The second-order valence-electron chi connectivity index (χ2n) is 6.04. The van der Waals surface area contributed by atoms with Gasteiger partial charge in [-0.15, -0.1) is 0 Å². The third-order valence-electron chi connectivity index (χ3n) is 4.19. The first-order chi connectivity index (χ1) is 8.83. The maximum Gasteiger partial charge on any atom is 0.0107 e. The number of nitrogens with one attached hydrogen (secondary N) is 1. The van der Waals surface area contributed by atoms with Crippen molar-refractivity contribution in [2.24, 2.45) is 5.92 Å². The Morgan fingerprint density at radius 2 is 1.61 bits per heavy atom. The molecule has 0 aliphatic carbocycles. The highest BCUT2D eigenvalue weighted by molar-refractivity contribution is 4.69. The summed E-state index contributed by atoms with van der Waals surface area (Å²) in [6.07, 6.45) is 11.2. The van der Waals surface area contributed by atoms with Crippen molar-refractivity contribution in [1.29, 1.82) is 0 Å².